The molecular weight excluding hydrogens is 1200 g/mol. The maximum absolute atomic E-state index is 13.8. The summed E-state index contributed by atoms with van der Waals surface area (Å²) >= 11 is 1.50. The number of rotatable bonds is 34. The molecule has 1 aromatic heterocycles. The summed E-state index contributed by atoms with van der Waals surface area (Å²) in [6.07, 6.45) is 26.4. The van der Waals surface area contributed by atoms with Crippen molar-refractivity contribution in [1.82, 2.24) is 29.9 Å². The standard InChI is InChI=1S/C76H106N8O9S/c1-10-51-31-50(4)84(46-51)74(88)66-30-49(3)62(41-67(66)77)63-38-57(63)32-53-16-15-17-54(33-58-39-64(58)65-42-68-59(40-69(65)90-9)47-82-45-52(11-2)34-60(82)44-80-68)36-61(35-53)93-27-24-81(8)48-76(5,6)94-70-43-73(87)83(75(70)89)23-20-72(86)79-22-19-55-37-56(55)21-26-92-29-28-91-25-14-12-13-18-71(85)78-7/h10-11,15,30,35-36,40-44,50,55-58,60,63-64,87,89H,12-14,17-29,31-34,37-39,45-48,77H2,1-9H3,(H,78,85)(H,79,86). The topological polar surface area (TPSA) is 206 Å². The first-order valence-electron chi connectivity index (χ1n) is 34.9. The Balaban J connectivity index is 0.706. The molecule has 6 N–H and O–H groups in total. The molecule has 3 aromatic rings. The molecule has 4 aliphatic carbocycles. The van der Waals surface area contributed by atoms with Gasteiger partial charge in [-0.15, -0.1) is 17.5 Å². The van der Waals surface area contributed by atoms with Crippen LogP contribution in [0.5, 0.6) is 17.5 Å². The Labute approximate surface area is 563 Å². The van der Waals surface area contributed by atoms with E-state index in [1.807, 2.05) is 17.9 Å². The summed E-state index contributed by atoms with van der Waals surface area (Å²) in [5.74, 6) is 4.45. The van der Waals surface area contributed by atoms with Gasteiger partial charge in [-0.2, -0.15) is 0 Å². The highest BCUT2D eigenvalue weighted by Crippen LogP contribution is 2.56. The van der Waals surface area contributed by atoms with Crippen molar-refractivity contribution in [2.75, 3.05) is 92.7 Å². The molecule has 8 unspecified atom stereocenters. The number of aromatic hydroxyl groups is 2. The fraction of sp³-hybridized carbons (Fsp3) is 0.592. The number of allylic oxidation sites excluding steroid dienone is 6. The van der Waals surface area contributed by atoms with Crippen molar-refractivity contribution >= 4 is 47.1 Å². The number of fused-ring (bicyclic) bond motifs is 2. The maximum atomic E-state index is 13.8. The van der Waals surface area contributed by atoms with Crippen LogP contribution in [0, 0.1) is 30.6 Å². The van der Waals surface area contributed by atoms with E-state index in [9.17, 15) is 24.6 Å². The number of ether oxygens (including phenoxy) is 4. The summed E-state index contributed by atoms with van der Waals surface area (Å²) in [4.78, 5) is 50.5. The fourth-order valence-electron chi connectivity index (χ4n) is 14.7. The third-order valence-corrected chi connectivity index (χ3v) is 21.6. The molecule has 94 heavy (non-hydrogen) atoms. The summed E-state index contributed by atoms with van der Waals surface area (Å²) in [6.45, 7) is 20.3. The van der Waals surface area contributed by atoms with Crippen LogP contribution in [0.25, 0.3) is 0 Å². The predicted molar refractivity (Wildman–Crippen MR) is 375 cm³/mol. The number of aromatic nitrogens is 1. The van der Waals surface area contributed by atoms with E-state index in [2.05, 4.69) is 123 Å². The lowest BCUT2D eigenvalue weighted by molar-refractivity contribution is -0.121. The second-order valence-electron chi connectivity index (χ2n) is 28.3. The van der Waals surface area contributed by atoms with Crippen molar-refractivity contribution in [3.8, 4) is 17.5 Å². The number of amides is 3. The molecule has 7 aliphatic rings. The lowest BCUT2D eigenvalue weighted by atomic mass is 9.95. The van der Waals surface area contributed by atoms with Gasteiger partial charge in [0, 0.05) is 114 Å². The lowest BCUT2D eigenvalue weighted by Gasteiger charge is -2.29. The molecule has 510 valence electrons. The summed E-state index contributed by atoms with van der Waals surface area (Å²) < 4.78 is 25.4. The van der Waals surface area contributed by atoms with Gasteiger partial charge in [-0.3, -0.25) is 28.8 Å². The van der Waals surface area contributed by atoms with Crippen LogP contribution >= 0.6 is 11.8 Å². The largest absolute Gasteiger partial charge is 0.496 e. The van der Waals surface area contributed by atoms with Crippen LogP contribution in [-0.2, 0) is 36.9 Å². The Morgan fingerprint density at radius 1 is 0.851 bits per heavy atom. The zero-order chi connectivity index (χ0) is 66.6. The van der Waals surface area contributed by atoms with Gasteiger partial charge < -0.3 is 55.3 Å². The molecular formula is C76H106N8O9S. The quantitative estimate of drug-likeness (QED) is 0.0124. The van der Waals surface area contributed by atoms with Crippen LogP contribution in [0.4, 0.5) is 11.4 Å². The average molecular weight is 1310 g/mol. The van der Waals surface area contributed by atoms with Crippen LogP contribution < -0.4 is 21.1 Å². The number of hydrogen-bond acceptors (Lipinski definition) is 14. The monoisotopic (exact) mass is 1310 g/mol. The average Bonchev–Trinajstić information content (AvgIpc) is 1.61. The van der Waals surface area contributed by atoms with Crippen LogP contribution in [-0.4, -0.2) is 157 Å². The first-order valence-corrected chi connectivity index (χ1v) is 35.7. The molecule has 0 radical (unpaired) electrons. The normalized spacial score (nSPS) is 23.9. The van der Waals surface area contributed by atoms with E-state index in [4.69, 9.17) is 29.7 Å². The van der Waals surface area contributed by atoms with Gasteiger partial charge in [-0.05, 0) is 231 Å². The maximum Gasteiger partial charge on any atom is 0.256 e. The zero-order valence-electron chi connectivity index (χ0n) is 57.5. The second-order valence-corrected chi connectivity index (χ2v) is 30.1. The molecule has 5 fully saturated rings. The van der Waals surface area contributed by atoms with Crippen LogP contribution in [0.3, 0.4) is 0 Å². The minimum Gasteiger partial charge on any atom is -0.496 e. The van der Waals surface area contributed by atoms with Gasteiger partial charge >= 0.3 is 0 Å². The van der Waals surface area contributed by atoms with Gasteiger partial charge in [0.2, 0.25) is 17.7 Å². The highest BCUT2D eigenvalue weighted by molar-refractivity contribution is 8.00. The number of carbonyl (C=O) groups is 3. The third-order valence-electron chi connectivity index (χ3n) is 20.4. The van der Waals surface area contributed by atoms with Crippen molar-refractivity contribution in [2.24, 2.45) is 28.7 Å². The first kappa shape index (κ1) is 70.3. The number of nitrogen functional groups attached to an aromatic ring is 1. The van der Waals surface area contributed by atoms with E-state index in [-0.39, 0.29) is 53.2 Å². The number of benzene rings is 2. The highest BCUT2D eigenvalue weighted by atomic mass is 32.2. The van der Waals surface area contributed by atoms with Crippen molar-refractivity contribution < 1.29 is 43.5 Å². The molecule has 0 spiro atoms. The Morgan fingerprint density at radius 3 is 2.37 bits per heavy atom. The minimum atomic E-state index is -0.365. The second kappa shape index (κ2) is 32.5. The fourth-order valence-corrected chi connectivity index (χ4v) is 16.0. The molecule has 3 saturated carbocycles. The van der Waals surface area contributed by atoms with Gasteiger partial charge in [0.15, 0.2) is 5.88 Å². The Hall–Kier alpha value is -6.53. The Kier molecular flexibility index (Phi) is 24.3. The number of carbonyl (C=O) groups excluding carboxylic acids is 3. The molecule has 10 rings (SSSR count). The Morgan fingerprint density at radius 2 is 1.61 bits per heavy atom. The molecule has 2 aromatic carbocycles. The van der Waals surface area contributed by atoms with E-state index in [0.29, 0.717) is 123 Å². The SMILES string of the molecule is CC=C1CC2C=Nc3cc(C4CC4CC4=CC(OCCN(C)CC(C)(C)Sc5cc(O)n(CCC(=O)NCCC6CC6CCOCCOCCCCCC(=O)NC)c5O)=CC(CC5CC5c5cc(N)c(C(=O)N6CC(=CC)CC6C)cc5C)=C=CC4)c(OC)cc3CN2C1. The van der Waals surface area contributed by atoms with E-state index >= 15 is 0 Å². The highest BCUT2D eigenvalue weighted by Gasteiger charge is 2.43. The van der Waals surface area contributed by atoms with E-state index in [1.54, 1.807) is 20.2 Å². The molecule has 2 saturated heterocycles. The van der Waals surface area contributed by atoms with Gasteiger partial charge in [0.05, 0.1) is 36.5 Å². The van der Waals surface area contributed by atoms with E-state index in [1.165, 1.54) is 49.7 Å². The molecule has 18 heteroatoms. The van der Waals surface area contributed by atoms with Crippen LogP contribution in [0.1, 0.15) is 175 Å². The van der Waals surface area contributed by atoms with Crippen molar-refractivity contribution in [3.05, 3.63) is 122 Å². The predicted octanol–water partition coefficient (Wildman–Crippen LogP) is 13.0. The van der Waals surface area contributed by atoms with Crippen molar-refractivity contribution in [3.63, 3.8) is 0 Å². The van der Waals surface area contributed by atoms with Gasteiger partial charge in [0.25, 0.3) is 5.91 Å². The third kappa shape index (κ3) is 18.9. The number of nitrogens with one attached hydrogen (secondary N) is 2. The zero-order valence-corrected chi connectivity index (χ0v) is 58.4. The summed E-state index contributed by atoms with van der Waals surface area (Å²) in [5, 5.41) is 28.1. The number of nitrogens with zero attached hydrogens (tertiary/aromatic N) is 5. The number of hydrogen-bond donors (Lipinski definition) is 5. The minimum absolute atomic E-state index is 0.00634. The molecule has 0 bridgehead atoms. The lowest BCUT2D eigenvalue weighted by Crippen LogP contribution is -2.35. The molecule has 3 aliphatic heterocycles. The summed E-state index contributed by atoms with van der Waals surface area (Å²) in [7, 11) is 5.54. The van der Waals surface area contributed by atoms with Crippen LogP contribution in [0.15, 0.2) is 104 Å². The first-order chi connectivity index (χ1) is 45.3. The number of methoxy groups -OCH3 is 1. The van der Waals surface area contributed by atoms with Crippen molar-refractivity contribution in [1.29, 1.82) is 0 Å². The summed E-state index contributed by atoms with van der Waals surface area (Å²) in [5.41, 5.74) is 22.6. The number of aliphatic imine (C=N–C) groups is 1. The van der Waals surface area contributed by atoms with Gasteiger partial charge in [-0.25, -0.2) is 0 Å². The molecule has 4 heterocycles. The van der Waals surface area contributed by atoms with Gasteiger partial charge in [-0.1, -0.05) is 35.3 Å². The molecule has 17 nitrogen and oxygen atoms in total. The van der Waals surface area contributed by atoms with Gasteiger partial charge in [0.1, 0.15) is 18.1 Å². The molecule has 8 atom stereocenters. The smallest absolute Gasteiger partial charge is 0.256 e. The van der Waals surface area contributed by atoms with Crippen molar-refractivity contribution in [2.45, 2.75) is 185 Å². The molecule has 3 amide bonds. The number of unbranched alkanes of at least 4 members (excludes halogenated alkanes) is 2. The number of nitrogens with two attached hydrogens (primary N) is 1. The Bertz CT molecular complexity index is 3430. The number of likely N-dealkylation sites (N-methyl/N-ethyl adjacent to an activating group) is 1. The van der Waals surface area contributed by atoms with E-state index in [0.717, 1.165) is 125 Å². The number of likely N-dealkylation sites (tertiary alicyclic amines) is 1. The number of aryl methyl sites for hydroxylation is 1. The van der Waals surface area contributed by atoms with Crippen LogP contribution in [0.2, 0.25) is 0 Å². The summed E-state index contributed by atoms with van der Waals surface area (Å²) in [6, 6.07) is 10.7. The van der Waals surface area contributed by atoms with E-state index < -0.39 is 0 Å². The number of anilines is 1. The number of thioether (sulfide) groups is 1.